The minimum Gasteiger partial charge on any atom is -0.493 e. The lowest BCUT2D eigenvalue weighted by Crippen LogP contribution is -2.14. The molecule has 0 spiro atoms. The van der Waals surface area contributed by atoms with Crippen LogP contribution in [0.25, 0.3) is 16.7 Å². The van der Waals surface area contributed by atoms with E-state index >= 15 is 0 Å². The Morgan fingerprint density at radius 2 is 1.81 bits per heavy atom. The van der Waals surface area contributed by atoms with Crippen LogP contribution in [0, 0.1) is 6.92 Å². The van der Waals surface area contributed by atoms with Gasteiger partial charge in [0.25, 0.3) is 0 Å². The highest BCUT2D eigenvalue weighted by molar-refractivity contribution is 5.93. The maximum Gasteiger partial charge on any atom is 0.416 e. The van der Waals surface area contributed by atoms with Crippen LogP contribution < -0.4 is 14.8 Å². The van der Waals surface area contributed by atoms with Crippen molar-refractivity contribution in [3.05, 3.63) is 59.4 Å². The third-order valence-electron chi connectivity index (χ3n) is 5.35. The van der Waals surface area contributed by atoms with Crippen molar-refractivity contribution >= 4 is 22.5 Å². The van der Waals surface area contributed by atoms with Gasteiger partial charge in [0, 0.05) is 23.8 Å². The number of nitrogens with zero attached hydrogens (tertiary/aromatic N) is 3. The molecule has 2 aromatic carbocycles. The second kappa shape index (κ2) is 7.64. The van der Waals surface area contributed by atoms with E-state index in [2.05, 4.69) is 15.3 Å². The first-order valence-corrected chi connectivity index (χ1v) is 9.56. The molecule has 0 aliphatic heterocycles. The summed E-state index contributed by atoms with van der Waals surface area (Å²) in [6.45, 7) is 3.28. The van der Waals surface area contributed by atoms with Crippen molar-refractivity contribution < 1.29 is 22.6 Å². The molecular formula is C22H21F3N4O2. The number of hydrogen-bond donors (Lipinski definition) is 1. The number of hydrogen-bond acceptors (Lipinski definition) is 5. The van der Waals surface area contributed by atoms with E-state index in [0.29, 0.717) is 28.7 Å². The first kappa shape index (κ1) is 20.8. The molecular weight excluding hydrogens is 409 g/mol. The fourth-order valence-corrected chi connectivity index (χ4v) is 3.81. The monoisotopic (exact) mass is 430 g/mol. The summed E-state index contributed by atoms with van der Waals surface area (Å²) < 4.78 is 52.7. The van der Waals surface area contributed by atoms with Gasteiger partial charge in [-0.3, -0.25) is 4.40 Å². The van der Waals surface area contributed by atoms with Crippen LogP contribution in [0.1, 0.15) is 29.7 Å². The van der Waals surface area contributed by atoms with Crippen LogP contribution in [-0.4, -0.2) is 28.6 Å². The van der Waals surface area contributed by atoms with Crippen molar-refractivity contribution in [3.63, 3.8) is 0 Å². The summed E-state index contributed by atoms with van der Waals surface area (Å²) in [6, 6.07) is 7.35. The predicted octanol–water partition coefficient (Wildman–Crippen LogP) is 5.40. The molecule has 6 nitrogen and oxygen atoms in total. The van der Waals surface area contributed by atoms with Gasteiger partial charge in [0.05, 0.1) is 31.3 Å². The van der Waals surface area contributed by atoms with Gasteiger partial charge in [-0.1, -0.05) is 12.1 Å². The van der Waals surface area contributed by atoms with Crippen LogP contribution in [0.15, 0.2) is 42.7 Å². The second-order valence-corrected chi connectivity index (χ2v) is 7.17. The summed E-state index contributed by atoms with van der Waals surface area (Å²) in [5, 5.41) is 3.99. The zero-order valence-corrected chi connectivity index (χ0v) is 17.4. The SMILES string of the molecule is COc1cc2c(NC(C)c3cccc(C(F)(F)F)c3C)nc3nccn3c2cc1OC. The number of anilines is 1. The molecule has 2 heterocycles. The van der Waals surface area contributed by atoms with Gasteiger partial charge < -0.3 is 14.8 Å². The Hall–Kier alpha value is -3.49. The molecule has 0 saturated carbocycles. The standard InChI is InChI=1S/C22H21F3N4O2/c1-12-14(6-5-7-16(12)22(23,24)25)13(2)27-20-15-10-18(30-3)19(31-4)11-17(15)29-9-8-26-21(29)28-20/h5-11,13H,1-4H3,(H,26,27,28). The number of alkyl halides is 3. The number of halogens is 3. The summed E-state index contributed by atoms with van der Waals surface area (Å²) in [6.07, 6.45) is -1.01. The van der Waals surface area contributed by atoms with Crippen LogP contribution >= 0.6 is 0 Å². The van der Waals surface area contributed by atoms with E-state index in [1.807, 2.05) is 10.5 Å². The lowest BCUT2D eigenvalue weighted by Gasteiger charge is -2.21. The average molecular weight is 430 g/mol. The van der Waals surface area contributed by atoms with Crippen molar-refractivity contribution in [1.82, 2.24) is 14.4 Å². The van der Waals surface area contributed by atoms with Crippen molar-refractivity contribution in [2.24, 2.45) is 0 Å². The van der Waals surface area contributed by atoms with Gasteiger partial charge in [0.15, 0.2) is 11.5 Å². The van der Waals surface area contributed by atoms with Crippen molar-refractivity contribution in [3.8, 4) is 11.5 Å². The summed E-state index contributed by atoms with van der Waals surface area (Å²) in [5.74, 6) is 2.00. The Balaban J connectivity index is 1.84. The van der Waals surface area contributed by atoms with Gasteiger partial charge in [-0.2, -0.15) is 18.2 Å². The van der Waals surface area contributed by atoms with E-state index in [4.69, 9.17) is 9.47 Å². The van der Waals surface area contributed by atoms with Gasteiger partial charge in [-0.15, -0.1) is 0 Å². The van der Waals surface area contributed by atoms with Crippen molar-refractivity contribution in [1.29, 1.82) is 0 Å². The second-order valence-electron chi connectivity index (χ2n) is 7.17. The summed E-state index contributed by atoms with van der Waals surface area (Å²) >= 11 is 0. The molecule has 4 rings (SSSR count). The van der Waals surface area contributed by atoms with Gasteiger partial charge in [-0.05, 0) is 37.1 Å². The summed E-state index contributed by atoms with van der Waals surface area (Å²) in [7, 11) is 3.09. The number of methoxy groups -OCH3 is 2. The van der Waals surface area contributed by atoms with Gasteiger partial charge >= 0.3 is 6.18 Å². The molecule has 0 fully saturated rings. The van der Waals surface area contributed by atoms with E-state index < -0.39 is 17.8 Å². The highest BCUT2D eigenvalue weighted by Gasteiger charge is 2.33. The number of benzene rings is 2. The molecule has 9 heteroatoms. The van der Waals surface area contributed by atoms with E-state index in [1.165, 1.54) is 20.1 Å². The number of fused-ring (bicyclic) bond motifs is 3. The molecule has 0 bridgehead atoms. The molecule has 0 radical (unpaired) electrons. The van der Waals surface area contributed by atoms with Crippen molar-refractivity contribution in [2.75, 3.05) is 19.5 Å². The molecule has 1 unspecified atom stereocenters. The molecule has 0 saturated heterocycles. The predicted molar refractivity (Wildman–Crippen MR) is 112 cm³/mol. The van der Waals surface area contributed by atoms with Crippen LogP contribution in [-0.2, 0) is 6.18 Å². The largest absolute Gasteiger partial charge is 0.493 e. The number of ether oxygens (including phenoxy) is 2. The highest BCUT2D eigenvalue weighted by atomic mass is 19.4. The number of rotatable bonds is 5. The summed E-state index contributed by atoms with van der Waals surface area (Å²) in [4.78, 5) is 8.85. The topological polar surface area (TPSA) is 60.7 Å². The molecule has 0 aliphatic carbocycles. The lowest BCUT2D eigenvalue weighted by atomic mass is 9.97. The van der Waals surface area contributed by atoms with E-state index in [9.17, 15) is 13.2 Å². The maximum atomic E-state index is 13.4. The van der Waals surface area contributed by atoms with Crippen LogP contribution in [0.4, 0.5) is 19.0 Å². The zero-order chi connectivity index (χ0) is 22.3. The molecule has 0 amide bonds. The highest BCUT2D eigenvalue weighted by Crippen LogP contribution is 2.38. The van der Waals surface area contributed by atoms with Crippen molar-refractivity contribution in [2.45, 2.75) is 26.1 Å². The molecule has 162 valence electrons. The Labute approximate surface area is 176 Å². The van der Waals surface area contributed by atoms with Crippen LogP contribution in [0.3, 0.4) is 0 Å². The first-order chi connectivity index (χ1) is 14.7. The molecule has 1 N–H and O–H groups in total. The van der Waals surface area contributed by atoms with Gasteiger partial charge in [0.2, 0.25) is 5.78 Å². The van der Waals surface area contributed by atoms with Crippen LogP contribution in [0.5, 0.6) is 11.5 Å². The normalized spacial score (nSPS) is 12.9. The quantitative estimate of drug-likeness (QED) is 0.459. The average Bonchev–Trinajstić information content (AvgIpc) is 3.20. The summed E-state index contributed by atoms with van der Waals surface area (Å²) in [5.41, 5.74) is 0.844. The van der Waals surface area contributed by atoms with Crippen LogP contribution in [0.2, 0.25) is 0 Å². The number of imidazole rings is 1. The Morgan fingerprint density at radius 3 is 2.48 bits per heavy atom. The minimum atomic E-state index is -4.41. The molecule has 4 aromatic rings. The maximum absolute atomic E-state index is 13.4. The van der Waals surface area contributed by atoms with Gasteiger partial charge in [0.1, 0.15) is 5.82 Å². The Bertz CT molecular complexity index is 1270. The first-order valence-electron chi connectivity index (χ1n) is 9.56. The number of aromatic nitrogens is 3. The fourth-order valence-electron chi connectivity index (χ4n) is 3.81. The Morgan fingerprint density at radius 1 is 1.10 bits per heavy atom. The number of nitrogens with one attached hydrogen (secondary N) is 1. The molecule has 31 heavy (non-hydrogen) atoms. The smallest absolute Gasteiger partial charge is 0.416 e. The lowest BCUT2D eigenvalue weighted by molar-refractivity contribution is -0.138. The molecule has 2 aromatic heterocycles. The van der Waals surface area contributed by atoms with E-state index in [1.54, 1.807) is 38.6 Å². The molecule has 0 aliphatic rings. The Kier molecular flexibility index (Phi) is 5.12. The van der Waals surface area contributed by atoms with E-state index in [0.717, 1.165) is 17.0 Å². The van der Waals surface area contributed by atoms with E-state index in [-0.39, 0.29) is 5.56 Å². The minimum absolute atomic E-state index is 0.181. The molecule has 1 atom stereocenters. The van der Waals surface area contributed by atoms with Gasteiger partial charge in [-0.25, -0.2) is 4.98 Å². The third-order valence-corrected chi connectivity index (χ3v) is 5.35. The zero-order valence-electron chi connectivity index (χ0n) is 17.4. The third kappa shape index (κ3) is 3.60. The fraction of sp³-hybridized carbons (Fsp3) is 0.273.